The molecule has 3 aromatic rings. The van der Waals surface area contributed by atoms with Gasteiger partial charge < -0.3 is 4.74 Å². The van der Waals surface area contributed by atoms with E-state index in [0.717, 1.165) is 29.7 Å². The molecule has 1 aromatic carbocycles. The lowest BCUT2D eigenvalue weighted by atomic mass is 10.2. The van der Waals surface area contributed by atoms with Crippen LogP contribution in [0, 0.1) is 12.1 Å². The van der Waals surface area contributed by atoms with Crippen molar-refractivity contribution in [2.45, 2.75) is 25.5 Å². The minimum atomic E-state index is -0.341. The fraction of sp³-hybridized carbons (Fsp3) is 0.278. The molecule has 0 unspecified atom stereocenters. The van der Waals surface area contributed by atoms with Crippen LogP contribution in [-0.4, -0.2) is 31.9 Å². The summed E-state index contributed by atoms with van der Waals surface area (Å²) in [5, 5.41) is 0.394. The van der Waals surface area contributed by atoms with Crippen LogP contribution in [0.5, 0.6) is 0 Å². The van der Waals surface area contributed by atoms with Crippen molar-refractivity contribution in [3.63, 3.8) is 0 Å². The highest BCUT2D eigenvalue weighted by Gasteiger charge is 2.34. The van der Waals surface area contributed by atoms with E-state index in [2.05, 4.69) is 22.1 Å². The molecule has 1 atom stereocenters. The summed E-state index contributed by atoms with van der Waals surface area (Å²) in [6, 6.07) is 10.9. The molecule has 25 heavy (non-hydrogen) atoms. The molecule has 1 saturated heterocycles. The number of rotatable bonds is 3. The van der Waals surface area contributed by atoms with E-state index >= 15 is 0 Å². The van der Waals surface area contributed by atoms with Crippen LogP contribution in [0.4, 0.5) is 4.79 Å². The molecule has 0 N–H and O–H groups in total. The van der Waals surface area contributed by atoms with Crippen molar-refractivity contribution in [2.75, 3.05) is 6.54 Å². The molecule has 0 aliphatic carbocycles. The first-order valence-corrected chi connectivity index (χ1v) is 8.39. The molecule has 2 aromatic heterocycles. The van der Waals surface area contributed by atoms with Crippen molar-refractivity contribution in [1.29, 1.82) is 0 Å². The minimum Gasteiger partial charge on any atom is -0.445 e. The molecule has 1 aliphatic heterocycles. The van der Waals surface area contributed by atoms with Gasteiger partial charge in [-0.25, -0.2) is 14.8 Å². The van der Waals surface area contributed by atoms with Crippen molar-refractivity contribution < 1.29 is 9.53 Å². The molecule has 1 aliphatic rings. The number of hydrogen-bond acceptors (Lipinski definition) is 4. The average molecular weight is 355 g/mol. The summed E-state index contributed by atoms with van der Waals surface area (Å²) in [7, 11) is 0. The lowest BCUT2D eigenvalue weighted by Gasteiger charge is -2.23. The molecule has 126 valence electrons. The first-order chi connectivity index (χ1) is 12.2. The van der Waals surface area contributed by atoms with Gasteiger partial charge in [-0.15, -0.1) is 0 Å². The zero-order chi connectivity index (χ0) is 17.2. The van der Waals surface area contributed by atoms with Gasteiger partial charge in [0.25, 0.3) is 0 Å². The maximum absolute atomic E-state index is 12.5. The monoisotopic (exact) mass is 354 g/mol. The molecule has 4 rings (SSSR count). The second kappa shape index (κ2) is 6.61. The number of amides is 1. The summed E-state index contributed by atoms with van der Waals surface area (Å²) < 4.78 is 7.34. The van der Waals surface area contributed by atoms with Gasteiger partial charge in [0.05, 0.1) is 12.2 Å². The van der Waals surface area contributed by atoms with E-state index in [4.69, 9.17) is 16.3 Å². The van der Waals surface area contributed by atoms with E-state index in [1.54, 1.807) is 29.4 Å². The Balaban J connectivity index is 1.53. The van der Waals surface area contributed by atoms with Gasteiger partial charge in [0.15, 0.2) is 5.15 Å². The smallest absolute Gasteiger partial charge is 0.410 e. The van der Waals surface area contributed by atoms with Crippen LogP contribution < -0.4 is 0 Å². The maximum Gasteiger partial charge on any atom is 0.410 e. The summed E-state index contributed by atoms with van der Waals surface area (Å²) in [5.74, 6) is 0.774. The minimum absolute atomic E-state index is 0.135. The average Bonchev–Trinajstić information content (AvgIpc) is 3.27. The van der Waals surface area contributed by atoms with Gasteiger partial charge >= 0.3 is 6.09 Å². The molecule has 6 nitrogen and oxygen atoms in total. The second-order valence-electron chi connectivity index (χ2n) is 5.84. The van der Waals surface area contributed by atoms with Crippen molar-refractivity contribution in [3.8, 4) is 0 Å². The van der Waals surface area contributed by atoms with E-state index in [9.17, 15) is 4.79 Å². The van der Waals surface area contributed by atoms with Gasteiger partial charge in [-0.2, -0.15) is 0 Å². The molecule has 0 bridgehead atoms. The summed E-state index contributed by atoms with van der Waals surface area (Å²) in [5.41, 5.74) is 1.61. The third-order valence-electron chi connectivity index (χ3n) is 4.31. The van der Waals surface area contributed by atoms with Crippen molar-refractivity contribution >= 4 is 23.2 Å². The summed E-state index contributed by atoms with van der Waals surface area (Å²) in [6.07, 6.45) is 6.52. The van der Waals surface area contributed by atoms with Gasteiger partial charge in [-0.05, 0) is 36.6 Å². The highest BCUT2D eigenvalue weighted by Crippen LogP contribution is 2.32. The quantitative estimate of drug-likeness (QED) is 0.722. The van der Waals surface area contributed by atoms with Crippen LogP contribution in [0.3, 0.4) is 0 Å². The number of likely N-dealkylation sites (tertiary alicyclic amines) is 1. The van der Waals surface area contributed by atoms with Gasteiger partial charge in [0.2, 0.25) is 0 Å². The topological polar surface area (TPSA) is 59.7 Å². The van der Waals surface area contributed by atoms with Crippen molar-refractivity contribution in [2.24, 2.45) is 0 Å². The van der Waals surface area contributed by atoms with Crippen LogP contribution >= 0.6 is 11.6 Å². The first-order valence-electron chi connectivity index (χ1n) is 8.01. The summed E-state index contributed by atoms with van der Waals surface area (Å²) in [6.45, 7) is 0.858. The Bertz CT molecular complexity index is 896. The number of aromatic nitrogens is 3. The number of halogens is 1. The molecule has 1 amide bonds. The zero-order valence-electron chi connectivity index (χ0n) is 13.4. The molecular weight excluding hydrogens is 340 g/mol. The summed E-state index contributed by atoms with van der Waals surface area (Å²) >= 11 is 6.11. The van der Waals surface area contributed by atoms with Crippen molar-refractivity contribution in [3.05, 3.63) is 65.5 Å². The highest BCUT2D eigenvalue weighted by atomic mass is 35.5. The largest absolute Gasteiger partial charge is 0.445 e. The van der Waals surface area contributed by atoms with Crippen LogP contribution in [0.1, 0.15) is 30.3 Å². The van der Waals surface area contributed by atoms with Gasteiger partial charge in [0, 0.05) is 18.9 Å². The Hall–Kier alpha value is -2.78. The molecular formula is C18H15ClN4O2. The fourth-order valence-electron chi connectivity index (χ4n) is 3.11. The normalized spacial score (nSPS) is 16.8. The SMILES string of the molecule is O=C(OCc1cc#ccc1)N1CCC[C@H]1c1ncc2c(Cl)nccn12. The standard InChI is InChI=1S/C18H15ClN4O2/c19-16-15-11-21-17(22(15)10-8-20-16)14-7-4-9-23(14)18(24)25-12-13-5-2-1-3-6-13/h2,5-6,8,10-11,14H,4,7,9,12H2/t14-/m0/s1. The number of nitrogens with zero attached hydrogens (tertiary/aromatic N) is 4. The van der Waals surface area contributed by atoms with Crippen LogP contribution in [0.25, 0.3) is 5.52 Å². The lowest BCUT2D eigenvalue weighted by Crippen LogP contribution is -2.32. The number of fused-ring (bicyclic) bond motifs is 1. The van der Waals surface area contributed by atoms with Gasteiger partial charge in [0.1, 0.15) is 17.9 Å². The number of carbonyl (C=O) groups is 1. The fourth-order valence-corrected chi connectivity index (χ4v) is 3.31. The number of imidazole rings is 1. The molecule has 0 spiro atoms. The van der Waals surface area contributed by atoms with Crippen LogP contribution in [0.2, 0.25) is 5.15 Å². The molecule has 1 fully saturated rings. The molecule has 0 saturated carbocycles. The Morgan fingerprint density at radius 1 is 1.40 bits per heavy atom. The van der Waals surface area contributed by atoms with Crippen LogP contribution in [0.15, 0.2) is 36.8 Å². The van der Waals surface area contributed by atoms with E-state index in [-0.39, 0.29) is 18.7 Å². The Morgan fingerprint density at radius 3 is 3.16 bits per heavy atom. The predicted molar refractivity (Wildman–Crippen MR) is 91.0 cm³/mol. The van der Waals surface area contributed by atoms with E-state index in [1.165, 1.54) is 0 Å². The number of carbonyl (C=O) groups excluding carboxylic acids is 1. The molecule has 3 heterocycles. The van der Waals surface area contributed by atoms with E-state index < -0.39 is 0 Å². The van der Waals surface area contributed by atoms with Gasteiger partial charge in [-0.1, -0.05) is 23.7 Å². The third kappa shape index (κ3) is 2.99. The van der Waals surface area contributed by atoms with E-state index in [1.807, 2.05) is 16.7 Å². The maximum atomic E-state index is 12.5. The van der Waals surface area contributed by atoms with Crippen molar-refractivity contribution in [1.82, 2.24) is 19.3 Å². The summed E-state index contributed by atoms with van der Waals surface area (Å²) in [4.78, 5) is 22.8. The predicted octanol–water partition coefficient (Wildman–Crippen LogP) is 3.46. The Morgan fingerprint density at radius 2 is 2.32 bits per heavy atom. The Kier molecular flexibility index (Phi) is 4.16. The highest BCUT2D eigenvalue weighted by molar-refractivity contribution is 6.32. The zero-order valence-corrected chi connectivity index (χ0v) is 14.1. The first kappa shape index (κ1) is 15.7. The third-order valence-corrected chi connectivity index (χ3v) is 4.60. The van der Waals surface area contributed by atoms with Crippen LogP contribution in [-0.2, 0) is 11.3 Å². The lowest BCUT2D eigenvalue weighted by molar-refractivity contribution is 0.0908. The van der Waals surface area contributed by atoms with Gasteiger partial charge in [-0.3, -0.25) is 9.30 Å². The second-order valence-corrected chi connectivity index (χ2v) is 6.19. The molecule has 0 radical (unpaired) electrons. The number of ether oxygens (including phenoxy) is 1. The Labute approximate surface area is 150 Å². The van der Waals surface area contributed by atoms with E-state index in [0.29, 0.717) is 11.7 Å². The number of hydrogen-bond donors (Lipinski definition) is 0. The molecule has 7 heteroatoms.